The van der Waals surface area contributed by atoms with E-state index in [-0.39, 0.29) is 12.5 Å². The maximum atomic E-state index is 11.4. The van der Waals surface area contributed by atoms with Gasteiger partial charge in [-0.05, 0) is 59.7 Å². The molecule has 0 aliphatic heterocycles. The number of esters is 1. The van der Waals surface area contributed by atoms with Crippen LogP contribution in [0.1, 0.15) is 17.0 Å². The van der Waals surface area contributed by atoms with Crippen molar-refractivity contribution in [2.75, 3.05) is 19.0 Å². The van der Waals surface area contributed by atoms with Crippen molar-refractivity contribution in [3.63, 3.8) is 0 Å². The van der Waals surface area contributed by atoms with Gasteiger partial charge in [0.05, 0.1) is 17.8 Å². The number of nitrogens with zero attached hydrogens (tertiary/aromatic N) is 2. The third kappa shape index (κ3) is 6.75. The van der Waals surface area contributed by atoms with Gasteiger partial charge in [0.15, 0.2) is 0 Å². The van der Waals surface area contributed by atoms with Gasteiger partial charge in [0, 0.05) is 33.5 Å². The monoisotopic (exact) mass is 569 g/mol. The smallest absolute Gasteiger partial charge is 0.325 e. The van der Waals surface area contributed by atoms with Crippen LogP contribution in [-0.4, -0.2) is 29.2 Å². The van der Waals surface area contributed by atoms with E-state index in [1.807, 2.05) is 72.9 Å². The zero-order valence-corrected chi connectivity index (χ0v) is 21.9. The number of benzene rings is 3. The summed E-state index contributed by atoms with van der Waals surface area (Å²) >= 11 is 16.0. The fourth-order valence-corrected chi connectivity index (χ4v) is 4.20. The highest BCUT2D eigenvalue weighted by Gasteiger charge is 2.12. The molecule has 0 fully saturated rings. The summed E-state index contributed by atoms with van der Waals surface area (Å²) in [6.07, 6.45) is 6.00. The summed E-state index contributed by atoms with van der Waals surface area (Å²) in [5, 5.41) is 4.17. The first-order valence-electron chi connectivity index (χ1n) is 10.8. The minimum Gasteiger partial charge on any atom is -0.468 e. The number of hydrogen-bond acceptors (Lipinski definition) is 4. The van der Waals surface area contributed by atoms with Crippen molar-refractivity contribution in [3.05, 3.63) is 104 Å². The van der Waals surface area contributed by atoms with Crippen LogP contribution in [0.15, 0.2) is 77.4 Å². The average Bonchev–Trinajstić information content (AvgIpc) is 3.25. The quantitative estimate of drug-likeness (QED) is 0.224. The summed E-state index contributed by atoms with van der Waals surface area (Å²) in [4.78, 5) is 16.2. The minimum absolute atomic E-state index is 0.119. The molecule has 0 aliphatic rings. The molecule has 5 nitrogen and oxygen atoms in total. The highest BCUT2D eigenvalue weighted by atomic mass is 79.9. The Hall–Kier alpha value is -3.06. The van der Waals surface area contributed by atoms with Gasteiger partial charge in [0.2, 0.25) is 0 Å². The van der Waals surface area contributed by atoms with Gasteiger partial charge in [-0.3, -0.25) is 4.79 Å². The molecule has 35 heavy (non-hydrogen) atoms. The number of imidazole rings is 1. The molecular weight excluding hydrogens is 549 g/mol. The van der Waals surface area contributed by atoms with Crippen molar-refractivity contribution in [1.82, 2.24) is 9.55 Å². The van der Waals surface area contributed by atoms with E-state index in [1.54, 1.807) is 12.1 Å². The molecule has 0 amide bonds. The summed E-state index contributed by atoms with van der Waals surface area (Å²) < 4.78 is 7.77. The lowest BCUT2D eigenvalue weighted by atomic mass is 10.1. The Balaban J connectivity index is 1.61. The molecule has 0 aliphatic carbocycles. The maximum absolute atomic E-state index is 11.4. The molecule has 1 heterocycles. The standard InChI is InChI=1S/C27H22BrCl2N3O2/c1-35-27(34)15-31-22-10-4-19(5-11-22)16-33-17-25(23-12-9-21(29)14-24(23)30)32-26(33)13-6-18-2-7-20(28)8-3-18/h2-14,17,31H,15-16H2,1H3. The van der Waals surface area contributed by atoms with Gasteiger partial charge < -0.3 is 14.6 Å². The summed E-state index contributed by atoms with van der Waals surface area (Å²) in [5.74, 6) is 0.477. The second-order valence-corrected chi connectivity index (χ2v) is 9.51. The van der Waals surface area contributed by atoms with Gasteiger partial charge in [-0.1, -0.05) is 69.5 Å². The van der Waals surface area contributed by atoms with E-state index in [2.05, 4.69) is 30.6 Å². The molecule has 3 aromatic carbocycles. The molecule has 178 valence electrons. The fourth-order valence-electron chi connectivity index (χ4n) is 3.43. The number of ether oxygens (including phenoxy) is 1. The van der Waals surface area contributed by atoms with Crippen molar-refractivity contribution in [3.8, 4) is 11.3 Å². The van der Waals surface area contributed by atoms with E-state index in [9.17, 15) is 4.79 Å². The van der Waals surface area contributed by atoms with Crippen LogP contribution in [0.5, 0.6) is 0 Å². The van der Waals surface area contributed by atoms with E-state index in [0.29, 0.717) is 16.6 Å². The highest BCUT2D eigenvalue weighted by Crippen LogP contribution is 2.30. The normalized spacial score (nSPS) is 11.1. The number of methoxy groups -OCH3 is 1. The molecule has 0 saturated heterocycles. The molecule has 0 unspecified atom stereocenters. The SMILES string of the molecule is COC(=O)CNc1ccc(Cn2cc(-c3ccc(Cl)cc3Cl)nc2C=Cc2ccc(Br)cc2)cc1. The molecule has 1 N–H and O–H groups in total. The third-order valence-corrected chi connectivity index (χ3v) is 6.36. The van der Waals surface area contributed by atoms with Gasteiger partial charge in [-0.25, -0.2) is 4.98 Å². The topological polar surface area (TPSA) is 56.1 Å². The molecule has 0 spiro atoms. The molecule has 0 saturated carbocycles. The summed E-state index contributed by atoms with van der Waals surface area (Å²) in [6.45, 7) is 0.725. The number of carbonyl (C=O) groups excluding carboxylic acids is 1. The van der Waals surface area contributed by atoms with Crippen molar-refractivity contribution < 1.29 is 9.53 Å². The Labute approximate surface area is 222 Å². The largest absolute Gasteiger partial charge is 0.468 e. The van der Waals surface area contributed by atoms with Crippen molar-refractivity contribution >= 4 is 62.9 Å². The van der Waals surface area contributed by atoms with Crippen LogP contribution in [0, 0.1) is 0 Å². The molecule has 0 atom stereocenters. The van der Waals surface area contributed by atoms with E-state index in [4.69, 9.17) is 28.2 Å². The molecule has 0 bridgehead atoms. The Morgan fingerprint density at radius 2 is 1.80 bits per heavy atom. The zero-order valence-electron chi connectivity index (χ0n) is 18.8. The Kier molecular flexibility index (Phi) is 8.29. The summed E-state index contributed by atoms with van der Waals surface area (Å²) in [5.41, 5.74) is 4.57. The van der Waals surface area contributed by atoms with Crippen LogP contribution < -0.4 is 5.32 Å². The van der Waals surface area contributed by atoms with Crippen LogP contribution in [0.3, 0.4) is 0 Å². The van der Waals surface area contributed by atoms with Gasteiger partial charge in [0.25, 0.3) is 0 Å². The first-order chi connectivity index (χ1) is 16.9. The van der Waals surface area contributed by atoms with Crippen LogP contribution in [0.4, 0.5) is 5.69 Å². The van der Waals surface area contributed by atoms with Crippen LogP contribution in [0.25, 0.3) is 23.4 Å². The number of rotatable bonds is 8. The van der Waals surface area contributed by atoms with E-state index < -0.39 is 0 Å². The number of aromatic nitrogens is 2. The second-order valence-electron chi connectivity index (χ2n) is 7.75. The minimum atomic E-state index is -0.317. The number of nitrogens with one attached hydrogen (secondary N) is 1. The van der Waals surface area contributed by atoms with E-state index in [1.165, 1.54) is 7.11 Å². The Morgan fingerprint density at radius 1 is 1.06 bits per heavy atom. The predicted octanol–water partition coefficient (Wildman–Crippen LogP) is 7.42. The number of carbonyl (C=O) groups is 1. The summed E-state index contributed by atoms with van der Waals surface area (Å²) in [6, 6.07) is 21.4. The number of halogens is 3. The van der Waals surface area contributed by atoms with Gasteiger partial charge >= 0.3 is 5.97 Å². The molecule has 4 rings (SSSR count). The van der Waals surface area contributed by atoms with E-state index in [0.717, 1.165) is 38.4 Å². The van der Waals surface area contributed by atoms with E-state index >= 15 is 0 Å². The van der Waals surface area contributed by atoms with Gasteiger partial charge in [0.1, 0.15) is 12.4 Å². The zero-order chi connectivity index (χ0) is 24.8. The average molecular weight is 571 g/mol. The van der Waals surface area contributed by atoms with Crippen LogP contribution in [-0.2, 0) is 16.1 Å². The van der Waals surface area contributed by atoms with Gasteiger partial charge in [-0.15, -0.1) is 0 Å². The lowest BCUT2D eigenvalue weighted by Gasteiger charge is -2.08. The summed E-state index contributed by atoms with van der Waals surface area (Å²) in [7, 11) is 1.37. The van der Waals surface area contributed by atoms with Crippen LogP contribution >= 0.6 is 39.1 Å². The fraction of sp³-hybridized carbons (Fsp3) is 0.111. The number of hydrogen-bond donors (Lipinski definition) is 1. The molecule has 0 radical (unpaired) electrons. The van der Waals surface area contributed by atoms with Crippen molar-refractivity contribution in [2.45, 2.75) is 6.54 Å². The lowest BCUT2D eigenvalue weighted by molar-refractivity contribution is -0.138. The Bertz CT molecular complexity index is 1350. The lowest BCUT2D eigenvalue weighted by Crippen LogP contribution is -2.14. The Morgan fingerprint density at radius 3 is 2.49 bits per heavy atom. The second kappa shape index (κ2) is 11.6. The molecular formula is C27H22BrCl2N3O2. The van der Waals surface area contributed by atoms with Crippen molar-refractivity contribution in [2.24, 2.45) is 0 Å². The first kappa shape index (κ1) is 25.0. The first-order valence-corrected chi connectivity index (χ1v) is 12.3. The molecule has 4 aromatic rings. The highest BCUT2D eigenvalue weighted by molar-refractivity contribution is 9.10. The van der Waals surface area contributed by atoms with Gasteiger partial charge in [-0.2, -0.15) is 0 Å². The molecule has 8 heteroatoms. The predicted molar refractivity (Wildman–Crippen MR) is 147 cm³/mol. The van der Waals surface area contributed by atoms with Crippen LogP contribution in [0.2, 0.25) is 10.0 Å². The number of anilines is 1. The molecule has 1 aromatic heterocycles. The maximum Gasteiger partial charge on any atom is 0.325 e. The third-order valence-electron chi connectivity index (χ3n) is 5.28. The van der Waals surface area contributed by atoms with Crippen molar-refractivity contribution in [1.29, 1.82) is 0 Å².